The van der Waals surface area contributed by atoms with Crippen LogP contribution in [0.5, 0.6) is 0 Å². The van der Waals surface area contributed by atoms with Crippen LogP contribution >= 0.6 is 11.6 Å². The largest absolute Gasteiger partial charge is 0.326 e. The molecule has 0 saturated carbocycles. The highest BCUT2D eigenvalue weighted by Gasteiger charge is 2.15. The van der Waals surface area contributed by atoms with Crippen molar-refractivity contribution in [1.29, 1.82) is 0 Å². The first-order valence-corrected chi connectivity index (χ1v) is 8.84. The summed E-state index contributed by atoms with van der Waals surface area (Å²) in [5.41, 5.74) is 4.30. The summed E-state index contributed by atoms with van der Waals surface area (Å²) < 4.78 is 0. The predicted octanol–water partition coefficient (Wildman–Crippen LogP) is 3.95. The van der Waals surface area contributed by atoms with E-state index >= 15 is 0 Å². The fourth-order valence-electron chi connectivity index (χ4n) is 2.42. The number of hydrogen-bond acceptors (Lipinski definition) is 5. The SMILES string of the molecule is CCc1ccccc1NC(=O)CC(C)=NNC(=O)c1ccc([N+](=O)[O-])c(Cl)c1. The molecular weight excluding hydrogens is 384 g/mol. The Labute approximate surface area is 166 Å². The fraction of sp³-hybridized carbons (Fsp3) is 0.211. The van der Waals surface area contributed by atoms with Crippen molar-refractivity contribution >= 4 is 40.5 Å². The molecule has 0 heterocycles. The van der Waals surface area contributed by atoms with Gasteiger partial charge in [-0.05, 0) is 37.1 Å². The highest BCUT2D eigenvalue weighted by Crippen LogP contribution is 2.24. The number of para-hydroxylation sites is 1. The third-order valence-electron chi connectivity index (χ3n) is 3.84. The van der Waals surface area contributed by atoms with E-state index in [1.807, 2.05) is 31.2 Å². The minimum Gasteiger partial charge on any atom is -0.326 e. The van der Waals surface area contributed by atoms with Gasteiger partial charge in [-0.15, -0.1) is 0 Å². The van der Waals surface area contributed by atoms with Crippen molar-refractivity contribution in [2.75, 3.05) is 5.32 Å². The first-order valence-electron chi connectivity index (χ1n) is 8.47. The third-order valence-corrected chi connectivity index (χ3v) is 4.15. The number of rotatable bonds is 7. The van der Waals surface area contributed by atoms with E-state index in [-0.39, 0.29) is 28.6 Å². The summed E-state index contributed by atoms with van der Waals surface area (Å²) in [5.74, 6) is -0.845. The molecule has 0 aromatic heterocycles. The van der Waals surface area contributed by atoms with E-state index < -0.39 is 10.8 Å². The van der Waals surface area contributed by atoms with Gasteiger partial charge in [-0.1, -0.05) is 36.7 Å². The number of nitro benzene ring substituents is 1. The maximum atomic E-state index is 12.2. The summed E-state index contributed by atoms with van der Waals surface area (Å²) in [6.45, 7) is 3.60. The molecule has 0 aliphatic heterocycles. The quantitative estimate of drug-likeness (QED) is 0.414. The van der Waals surface area contributed by atoms with Gasteiger partial charge < -0.3 is 5.32 Å². The summed E-state index contributed by atoms with van der Waals surface area (Å²) in [6.07, 6.45) is 0.788. The van der Waals surface area contributed by atoms with Crippen LogP contribution in [0.1, 0.15) is 36.2 Å². The van der Waals surface area contributed by atoms with Gasteiger partial charge in [0.15, 0.2) is 0 Å². The zero-order chi connectivity index (χ0) is 20.7. The Hall–Kier alpha value is -3.26. The molecule has 9 heteroatoms. The number of nitro groups is 1. The molecule has 2 aromatic carbocycles. The second kappa shape index (κ2) is 9.61. The molecule has 2 N–H and O–H groups in total. The number of nitrogens with zero attached hydrogens (tertiary/aromatic N) is 2. The summed E-state index contributed by atoms with van der Waals surface area (Å²) in [5, 5.41) is 17.3. The molecule has 0 radical (unpaired) electrons. The number of carbonyl (C=O) groups is 2. The number of hydrazone groups is 1. The van der Waals surface area contributed by atoms with Crippen LogP contribution in [0.3, 0.4) is 0 Å². The molecule has 0 bridgehead atoms. The average Bonchev–Trinajstić information content (AvgIpc) is 2.66. The zero-order valence-electron chi connectivity index (χ0n) is 15.4. The Bertz CT molecular complexity index is 943. The van der Waals surface area contributed by atoms with E-state index in [0.717, 1.165) is 23.7 Å². The molecule has 0 fully saturated rings. The minimum absolute atomic E-state index is 0.000649. The molecule has 0 saturated heterocycles. The van der Waals surface area contributed by atoms with E-state index in [9.17, 15) is 19.7 Å². The molecule has 2 amide bonds. The first-order chi connectivity index (χ1) is 13.3. The summed E-state index contributed by atoms with van der Waals surface area (Å²) in [6, 6.07) is 11.1. The van der Waals surface area contributed by atoms with Crippen LogP contribution in [0.4, 0.5) is 11.4 Å². The molecule has 28 heavy (non-hydrogen) atoms. The van der Waals surface area contributed by atoms with E-state index in [4.69, 9.17) is 11.6 Å². The topological polar surface area (TPSA) is 114 Å². The number of anilines is 1. The molecule has 2 rings (SSSR count). The predicted molar refractivity (Wildman–Crippen MR) is 108 cm³/mol. The van der Waals surface area contributed by atoms with E-state index in [2.05, 4.69) is 15.8 Å². The highest BCUT2D eigenvalue weighted by atomic mass is 35.5. The van der Waals surface area contributed by atoms with Crippen molar-refractivity contribution in [2.45, 2.75) is 26.7 Å². The molecule has 0 aliphatic rings. The van der Waals surface area contributed by atoms with Gasteiger partial charge >= 0.3 is 0 Å². The molecule has 0 aliphatic carbocycles. The van der Waals surface area contributed by atoms with Crippen molar-refractivity contribution in [3.8, 4) is 0 Å². The lowest BCUT2D eigenvalue weighted by Crippen LogP contribution is -2.21. The standard InChI is InChI=1S/C19H19ClN4O4/c1-3-13-6-4-5-7-16(13)21-18(25)10-12(2)22-23-19(26)14-8-9-17(24(27)28)15(20)11-14/h4-9,11H,3,10H2,1-2H3,(H,21,25)(H,23,26). The lowest BCUT2D eigenvalue weighted by atomic mass is 10.1. The monoisotopic (exact) mass is 402 g/mol. The van der Waals surface area contributed by atoms with E-state index in [1.54, 1.807) is 6.92 Å². The van der Waals surface area contributed by atoms with Crippen LogP contribution in [-0.2, 0) is 11.2 Å². The van der Waals surface area contributed by atoms with Gasteiger partial charge in [0, 0.05) is 23.0 Å². The average molecular weight is 403 g/mol. The Morgan fingerprint density at radius 3 is 2.57 bits per heavy atom. The number of hydrogen-bond donors (Lipinski definition) is 2. The van der Waals surface area contributed by atoms with Crippen LogP contribution in [-0.4, -0.2) is 22.4 Å². The smallest absolute Gasteiger partial charge is 0.287 e. The van der Waals surface area contributed by atoms with Gasteiger partial charge in [0.1, 0.15) is 5.02 Å². The van der Waals surface area contributed by atoms with Gasteiger partial charge in [0.25, 0.3) is 11.6 Å². The molecule has 2 aromatic rings. The van der Waals surface area contributed by atoms with Crippen molar-refractivity contribution < 1.29 is 14.5 Å². The fourth-order valence-corrected chi connectivity index (χ4v) is 2.67. The van der Waals surface area contributed by atoms with Gasteiger partial charge in [0.05, 0.1) is 11.3 Å². The molecule has 0 atom stereocenters. The highest BCUT2D eigenvalue weighted by molar-refractivity contribution is 6.33. The summed E-state index contributed by atoms with van der Waals surface area (Å²) >= 11 is 5.79. The zero-order valence-corrected chi connectivity index (χ0v) is 16.1. The van der Waals surface area contributed by atoms with Crippen LogP contribution in [0.15, 0.2) is 47.6 Å². The number of aryl methyl sites for hydroxylation is 1. The molecule has 0 spiro atoms. The molecule has 0 unspecified atom stereocenters. The lowest BCUT2D eigenvalue weighted by molar-refractivity contribution is -0.384. The summed E-state index contributed by atoms with van der Waals surface area (Å²) in [4.78, 5) is 34.4. The van der Waals surface area contributed by atoms with Gasteiger partial charge in [0.2, 0.25) is 5.91 Å². The Balaban J connectivity index is 1.96. The number of amides is 2. The minimum atomic E-state index is -0.637. The summed E-state index contributed by atoms with van der Waals surface area (Å²) in [7, 11) is 0. The van der Waals surface area contributed by atoms with E-state index in [1.165, 1.54) is 12.1 Å². The number of halogens is 1. The molecule has 8 nitrogen and oxygen atoms in total. The Morgan fingerprint density at radius 1 is 1.21 bits per heavy atom. The lowest BCUT2D eigenvalue weighted by Gasteiger charge is -2.09. The van der Waals surface area contributed by atoms with Crippen LogP contribution in [0.2, 0.25) is 5.02 Å². The van der Waals surface area contributed by atoms with Gasteiger partial charge in [-0.2, -0.15) is 5.10 Å². The van der Waals surface area contributed by atoms with Crippen molar-refractivity contribution in [1.82, 2.24) is 5.43 Å². The normalized spacial score (nSPS) is 11.0. The second-order valence-electron chi connectivity index (χ2n) is 5.95. The number of nitrogens with one attached hydrogen (secondary N) is 2. The van der Waals surface area contributed by atoms with Crippen LogP contribution < -0.4 is 10.7 Å². The van der Waals surface area contributed by atoms with Crippen molar-refractivity contribution in [3.63, 3.8) is 0 Å². The molecular formula is C19H19ClN4O4. The maximum absolute atomic E-state index is 12.2. The molecule has 146 valence electrons. The second-order valence-corrected chi connectivity index (χ2v) is 6.35. The number of benzene rings is 2. The van der Waals surface area contributed by atoms with E-state index in [0.29, 0.717) is 5.71 Å². The number of carbonyl (C=O) groups excluding carboxylic acids is 2. The van der Waals surface area contributed by atoms with Gasteiger partial charge in [-0.3, -0.25) is 19.7 Å². The maximum Gasteiger partial charge on any atom is 0.287 e. The van der Waals surface area contributed by atoms with Crippen molar-refractivity contribution in [3.05, 3.63) is 68.7 Å². The van der Waals surface area contributed by atoms with Gasteiger partial charge in [-0.25, -0.2) is 5.43 Å². The van der Waals surface area contributed by atoms with Crippen molar-refractivity contribution in [2.24, 2.45) is 5.10 Å². The van der Waals surface area contributed by atoms with Crippen LogP contribution in [0.25, 0.3) is 0 Å². The first kappa shape index (κ1) is 21.0. The third kappa shape index (κ3) is 5.62. The Kier molecular flexibility index (Phi) is 7.22. The van der Waals surface area contributed by atoms with Crippen LogP contribution in [0, 0.1) is 10.1 Å². The Morgan fingerprint density at radius 2 is 1.93 bits per heavy atom.